The Morgan fingerprint density at radius 3 is 2.27 bits per heavy atom. The van der Waals surface area contributed by atoms with Gasteiger partial charge in [0.15, 0.2) is 0 Å². The van der Waals surface area contributed by atoms with Gasteiger partial charge in [-0.1, -0.05) is 69.3 Å². The molecule has 0 radical (unpaired) electrons. The molecule has 0 saturated carbocycles. The number of rotatable bonds is 18. The van der Waals surface area contributed by atoms with E-state index in [1.165, 1.54) is 29.1 Å². The number of β-amino-alcohol motifs (C(OH)–C–C–N with tert-alkyl or cyclic N) is 1. The first-order chi connectivity index (χ1) is 35.4. The summed E-state index contributed by atoms with van der Waals surface area (Å²) in [5, 5.41) is 20.5. The van der Waals surface area contributed by atoms with Crippen LogP contribution in [0.3, 0.4) is 0 Å². The highest BCUT2D eigenvalue weighted by atomic mass is 32.2. The zero-order valence-corrected chi connectivity index (χ0v) is 45.1. The van der Waals surface area contributed by atoms with Crippen molar-refractivity contribution in [2.24, 2.45) is 11.1 Å². The number of aryl methyl sites for hydroxylation is 1. The van der Waals surface area contributed by atoms with E-state index in [2.05, 4.69) is 62.5 Å². The Labute approximate surface area is 442 Å². The summed E-state index contributed by atoms with van der Waals surface area (Å²) in [6.45, 7) is 17.3. The van der Waals surface area contributed by atoms with Crippen molar-refractivity contribution in [3.63, 3.8) is 0 Å². The molecule has 3 aromatic heterocycles. The Balaban J connectivity index is 0.738. The summed E-state index contributed by atoms with van der Waals surface area (Å²) in [5.74, 6) is 0.0570. The maximum absolute atomic E-state index is 14.3. The normalized spacial score (nSPS) is 18.9. The number of aliphatic hydroxyl groups excluding tert-OH is 1. The summed E-state index contributed by atoms with van der Waals surface area (Å²) in [7, 11) is 0. The number of aliphatic hydroxyl groups is 1. The van der Waals surface area contributed by atoms with Crippen LogP contribution in [0, 0.1) is 12.3 Å². The lowest BCUT2D eigenvalue weighted by atomic mass is 9.85. The molecule has 2 aromatic carbocycles. The van der Waals surface area contributed by atoms with Crippen LogP contribution < -0.4 is 31.5 Å². The van der Waals surface area contributed by atoms with Crippen molar-refractivity contribution in [2.75, 3.05) is 67.5 Å². The molecule has 8 rings (SSSR count). The predicted molar refractivity (Wildman–Crippen MR) is 290 cm³/mol. The fourth-order valence-corrected chi connectivity index (χ4v) is 11.2. The summed E-state index contributed by atoms with van der Waals surface area (Å²) in [6, 6.07) is 13.5. The van der Waals surface area contributed by atoms with Crippen LogP contribution in [0.5, 0.6) is 0 Å². The number of hydrogen-bond acceptors (Lipinski definition) is 16. The van der Waals surface area contributed by atoms with Gasteiger partial charge in [-0.15, -0.1) is 11.3 Å². The second-order valence-corrected chi connectivity index (χ2v) is 23.2. The summed E-state index contributed by atoms with van der Waals surface area (Å²) < 4.78 is 0. The second kappa shape index (κ2) is 24.1. The number of carbonyl (C=O) groups excluding carboxylic acids is 4. The van der Waals surface area contributed by atoms with Crippen LogP contribution in [0.4, 0.5) is 17.5 Å². The Morgan fingerprint density at radius 1 is 0.878 bits per heavy atom. The van der Waals surface area contributed by atoms with Gasteiger partial charge in [0.1, 0.15) is 22.9 Å². The SMILES string of the molecule is Cc1ncsc1-c1ccc([C@H](C)NC(=O)[C@@H]2C[C@@H](O)CN2C(=O)[C@@H](NC(=O)c2cnc(N3CCN(CCCCCC(=O)Nc4cccc(Sc5cnc(N6CCC(C)(N)CC6)cn5)c4)CC3)nc2)C(C)(C)C)cc1. The van der Waals surface area contributed by atoms with Crippen LogP contribution in [0.2, 0.25) is 0 Å². The number of nitrogens with two attached hydrogens (primary N) is 1. The average Bonchev–Trinajstić information content (AvgIpc) is 4.00. The lowest BCUT2D eigenvalue weighted by molar-refractivity contribution is -0.142. The average molecular weight is 1050 g/mol. The van der Waals surface area contributed by atoms with Gasteiger partial charge < -0.3 is 41.5 Å². The minimum absolute atomic E-state index is 0.00393. The molecule has 0 aliphatic carbocycles. The molecule has 18 nitrogen and oxygen atoms in total. The van der Waals surface area contributed by atoms with E-state index in [0.29, 0.717) is 12.4 Å². The number of nitrogens with zero attached hydrogens (tertiary/aromatic N) is 9. The Kier molecular flexibility index (Phi) is 17.6. The molecule has 3 fully saturated rings. The summed E-state index contributed by atoms with van der Waals surface area (Å²) in [5.41, 5.74) is 11.1. The van der Waals surface area contributed by atoms with Crippen molar-refractivity contribution in [3.8, 4) is 10.4 Å². The molecule has 20 heteroatoms. The van der Waals surface area contributed by atoms with Gasteiger partial charge in [0.25, 0.3) is 5.91 Å². The van der Waals surface area contributed by atoms with Crippen LogP contribution in [0.15, 0.2) is 88.8 Å². The molecule has 394 valence electrons. The lowest BCUT2D eigenvalue weighted by Gasteiger charge is -2.37. The number of aromatic nitrogens is 5. The quantitative estimate of drug-likeness (QED) is 0.0593. The lowest BCUT2D eigenvalue weighted by Crippen LogP contribution is -2.57. The van der Waals surface area contributed by atoms with Gasteiger partial charge in [0.2, 0.25) is 23.7 Å². The molecule has 0 bridgehead atoms. The van der Waals surface area contributed by atoms with Gasteiger partial charge in [-0.2, -0.15) is 0 Å². The van der Waals surface area contributed by atoms with Crippen LogP contribution in [0.1, 0.15) is 107 Å². The predicted octanol–water partition coefficient (Wildman–Crippen LogP) is 6.47. The minimum atomic E-state index is -1.01. The van der Waals surface area contributed by atoms with Gasteiger partial charge in [-0.25, -0.2) is 24.9 Å². The Hall–Kier alpha value is -6.06. The number of amides is 4. The topological polar surface area (TPSA) is 228 Å². The molecule has 3 saturated heterocycles. The van der Waals surface area contributed by atoms with Crippen molar-refractivity contribution < 1.29 is 24.3 Å². The van der Waals surface area contributed by atoms with E-state index in [1.807, 2.05) is 94.9 Å². The maximum atomic E-state index is 14.3. The Morgan fingerprint density at radius 2 is 1.61 bits per heavy atom. The van der Waals surface area contributed by atoms with Crippen molar-refractivity contribution >= 4 is 64.2 Å². The maximum Gasteiger partial charge on any atom is 0.255 e. The first-order valence-corrected chi connectivity index (χ1v) is 27.4. The van der Waals surface area contributed by atoms with Crippen molar-refractivity contribution in [2.45, 2.75) is 126 Å². The molecule has 6 heterocycles. The van der Waals surface area contributed by atoms with E-state index in [9.17, 15) is 24.3 Å². The fourth-order valence-electron chi connectivity index (χ4n) is 9.55. The molecule has 4 atom stereocenters. The molecule has 74 heavy (non-hydrogen) atoms. The Bertz CT molecular complexity index is 2700. The number of carbonyl (C=O) groups is 4. The van der Waals surface area contributed by atoms with Crippen LogP contribution in [0.25, 0.3) is 10.4 Å². The summed E-state index contributed by atoms with van der Waals surface area (Å²) in [6.07, 6.45) is 10.8. The number of unbranched alkanes of at least 4 members (excludes halogenated alkanes) is 2. The van der Waals surface area contributed by atoms with E-state index in [1.54, 1.807) is 17.5 Å². The molecule has 5 aromatic rings. The van der Waals surface area contributed by atoms with Gasteiger partial charge in [0.05, 0.1) is 46.2 Å². The third-order valence-electron chi connectivity index (χ3n) is 14.1. The number of anilines is 3. The van der Waals surface area contributed by atoms with Gasteiger partial charge in [0, 0.05) is 87.2 Å². The van der Waals surface area contributed by atoms with Gasteiger partial charge >= 0.3 is 0 Å². The zero-order valence-electron chi connectivity index (χ0n) is 43.4. The number of piperazine rings is 1. The monoisotopic (exact) mass is 1050 g/mol. The van der Waals surface area contributed by atoms with Crippen molar-refractivity contribution in [1.29, 1.82) is 0 Å². The minimum Gasteiger partial charge on any atom is -0.391 e. The third-order valence-corrected chi connectivity index (χ3v) is 16.0. The molecule has 0 spiro atoms. The van der Waals surface area contributed by atoms with Crippen LogP contribution in [-0.2, 0) is 14.4 Å². The van der Waals surface area contributed by atoms with Crippen LogP contribution >= 0.6 is 23.1 Å². The molecule has 0 unspecified atom stereocenters. The highest BCUT2D eigenvalue weighted by molar-refractivity contribution is 7.99. The van der Waals surface area contributed by atoms with Gasteiger partial charge in [-0.05, 0) is 87.7 Å². The first kappa shape index (κ1) is 54.2. The number of thiazole rings is 1. The summed E-state index contributed by atoms with van der Waals surface area (Å²) >= 11 is 3.09. The van der Waals surface area contributed by atoms with Crippen molar-refractivity contribution in [3.05, 3.63) is 95.6 Å². The largest absolute Gasteiger partial charge is 0.391 e. The zero-order chi connectivity index (χ0) is 52.6. The third kappa shape index (κ3) is 14.2. The molecule has 6 N–H and O–H groups in total. The number of nitrogens with one attached hydrogen (secondary N) is 3. The van der Waals surface area contributed by atoms with E-state index in [-0.39, 0.29) is 41.9 Å². The van der Waals surface area contributed by atoms with Crippen LogP contribution in [-0.4, -0.2) is 140 Å². The summed E-state index contributed by atoms with van der Waals surface area (Å²) in [4.78, 5) is 87.5. The molecule has 4 amide bonds. The molecule has 3 aliphatic heterocycles. The molecular formula is C54H71N13O5S2. The van der Waals surface area contributed by atoms with Gasteiger partial charge in [-0.3, -0.25) is 24.1 Å². The van der Waals surface area contributed by atoms with E-state index >= 15 is 0 Å². The number of benzene rings is 2. The number of hydrogen-bond donors (Lipinski definition) is 5. The molecular weight excluding hydrogens is 975 g/mol. The molecule has 3 aliphatic rings. The van der Waals surface area contributed by atoms with Crippen molar-refractivity contribution in [1.82, 2.24) is 45.4 Å². The second-order valence-electron chi connectivity index (χ2n) is 21.2. The van der Waals surface area contributed by atoms with E-state index < -0.39 is 35.4 Å². The van der Waals surface area contributed by atoms with E-state index in [0.717, 1.165) is 121 Å². The highest BCUT2D eigenvalue weighted by Gasteiger charge is 2.45. The smallest absolute Gasteiger partial charge is 0.255 e. The number of likely N-dealkylation sites (tertiary alicyclic amines) is 1. The fraction of sp³-hybridized carbons (Fsp3) is 0.500. The van der Waals surface area contributed by atoms with E-state index in [4.69, 9.17) is 5.73 Å². The number of piperidine rings is 1. The standard InChI is InChI=1S/C54H71N13O5S2/c1-35(37-14-16-38(17-15-37)47-36(2)60-34-73-47)61-50(71)43-28-41(68)33-67(43)51(72)48(53(3,4)5)63-49(70)39-29-58-52(59-30-39)66-25-23-64(24-26-66)20-9-7-8-13-45(69)62-40-11-10-12-42(27-40)74-46-32-56-44(31-57-46)65-21-18-54(6,55)19-22-65/h10-12,14-17,27,29-32,34-35,41,43,48,68H,7-9,13,18-26,28,33,55H2,1-6H3,(H,61,71)(H,62,69)(H,63,70)/t35-,41+,43-,48+/m0/s1. The highest BCUT2D eigenvalue weighted by Crippen LogP contribution is 2.32. The first-order valence-electron chi connectivity index (χ1n) is 25.7.